The lowest BCUT2D eigenvalue weighted by molar-refractivity contribution is -0.174. The molecule has 0 heterocycles. The summed E-state index contributed by atoms with van der Waals surface area (Å²) in [5, 5.41) is 0. The number of halogens is 12. The van der Waals surface area contributed by atoms with Gasteiger partial charge in [-0.2, -0.15) is 52.7 Å². The molecule has 0 nitrogen and oxygen atoms in total. The van der Waals surface area contributed by atoms with Crippen LogP contribution in [0.4, 0.5) is 52.7 Å². The first-order chi connectivity index (χ1) is 9.88. The van der Waals surface area contributed by atoms with Gasteiger partial charge in [0.15, 0.2) is 0 Å². The van der Waals surface area contributed by atoms with Crippen molar-refractivity contribution in [3.63, 3.8) is 0 Å². The van der Waals surface area contributed by atoms with Crippen LogP contribution in [-0.2, 0) is 24.7 Å². The van der Waals surface area contributed by atoms with Crippen molar-refractivity contribution in [3.8, 4) is 0 Å². The second-order valence-corrected chi connectivity index (χ2v) is 4.51. The summed E-state index contributed by atoms with van der Waals surface area (Å²) in [5.41, 5.74) is -11.7. The predicted molar refractivity (Wildman–Crippen MR) is 53.7 cm³/mol. The van der Waals surface area contributed by atoms with Gasteiger partial charge in [0.25, 0.3) is 0 Å². The van der Waals surface area contributed by atoms with Crippen LogP contribution in [0.2, 0.25) is 0 Å². The number of benzene rings is 1. The van der Waals surface area contributed by atoms with Crippen LogP contribution in [0.15, 0.2) is 11.0 Å². The normalized spacial score (nSPS) is 14.3. The molecule has 13 heteroatoms. The first kappa shape index (κ1) is 19.8. The van der Waals surface area contributed by atoms with Crippen LogP contribution in [0.5, 0.6) is 0 Å². The molecule has 0 atom stereocenters. The van der Waals surface area contributed by atoms with Crippen molar-refractivity contribution in [2.24, 2.45) is 0 Å². The molecule has 0 N–H and O–H groups in total. The summed E-state index contributed by atoms with van der Waals surface area (Å²) < 4.78 is 151. The molecule has 0 aliphatic heterocycles. The third-order valence-corrected chi connectivity index (χ3v) is 2.93. The van der Waals surface area contributed by atoms with Crippen molar-refractivity contribution < 1.29 is 52.7 Å². The zero-order valence-corrected chi connectivity index (χ0v) is 11.0. The van der Waals surface area contributed by atoms with Gasteiger partial charge >= 0.3 is 24.7 Å². The number of hydrogen-bond donors (Lipinski definition) is 1. The summed E-state index contributed by atoms with van der Waals surface area (Å²) >= 11 is 2.66. The van der Waals surface area contributed by atoms with Gasteiger partial charge in [-0.1, -0.05) is 0 Å². The Labute approximate surface area is 124 Å². The molecular weight excluding hydrogens is 380 g/mol. The van der Waals surface area contributed by atoms with E-state index in [0.717, 1.165) is 0 Å². The molecule has 0 aliphatic rings. The van der Waals surface area contributed by atoms with Crippen molar-refractivity contribution in [2.75, 3.05) is 0 Å². The lowest BCUT2D eigenvalue weighted by atomic mass is 9.96. The van der Waals surface area contributed by atoms with Crippen molar-refractivity contribution in [3.05, 3.63) is 28.3 Å². The molecule has 0 radical (unpaired) electrons. The van der Waals surface area contributed by atoms with Crippen LogP contribution in [0, 0.1) is 0 Å². The van der Waals surface area contributed by atoms with Crippen LogP contribution in [0.1, 0.15) is 22.3 Å². The van der Waals surface area contributed by atoms with Crippen LogP contribution in [0.3, 0.4) is 0 Å². The van der Waals surface area contributed by atoms with Gasteiger partial charge in [0.1, 0.15) is 0 Å². The highest BCUT2D eigenvalue weighted by Gasteiger charge is 2.52. The van der Waals surface area contributed by atoms with E-state index in [9.17, 15) is 52.7 Å². The average Bonchev–Trinajstić information content (AvgIpc) is 2.20. The largest absolute Gasteiger partial charge is 0.418 e. The molecule has 132 valence electrons. The molecule has 1 rings (SSSR count). The van der Waals surface area contributed by atoms with Crippen LogP contribution in [-0.4, -0.2) is 0 Å². The van der Waals surface area contributed by atoms with Crippen molar-refractivity contribution in [1.82, 2.24) is 0 Å². The Hall–Kier alpha value is -1.27. The Morgan fingerprint density at radius 2 is 0.783 bits per heavy atom. The van der Waals surface area contributed by atoms with Crippen LogP contribution < -0.4 is 0 Å². The highest BCUT2D eigenvalue weighted by molar-refractivity contribution is 7.80. The Balaban J connectivity index is 4.09. The summed E-state index contributed by atoms with van der Waals surface area (Å²) in [7, 11) is 0. The van der Waals surface area contributed by atoms with E-state index in [0.29, 0.717) is 0 Å². The Morgan fingerprint density at radius 3 is 0.957 bits per heavy atom. The SMILES string of the molecule is FC(F)(F)c1cc(C(F)(F)F)c(C(F)(F)F)c(S)c1C(F)(F)F. The van der Waals surface area contributed by atoms with Crippen molar-refractivity contribution in [2.45, 2.75) is 29.6 Å². The number of rotatable bonds is 0. The fourth-order valence-corrected chi connectivity index (χ4v) is 2.18. The second kappa shape index (κ2) is 5.38. The second-order valence-electron chi connectivity index (χ2n) is 4.06. The van der Waals surface area contributed by atoms with Crippen molar-refractivity contribution >= 4 is 12.6 Å². The van der Waals surface area contributed by atoms with Crippen LogP contribution in [0.25, 0.3) is 0 Å². The molecule has 0 aromatic heterocycles. The summed E-state index contributed by atoms with van der Waals surface area (Å²) in [5.74, 6) is 0. The molecule has 1 aromatic carbocycles. The minimum atomic E-state index is -6.01. The van der Waals surface area contributed by atoms with Gasteiger partial charge in [-0.3, -0.25) is 0 Å². The van der Waals surface area contributed by atoms with Crippen LogP contribution >= 0.6 is 12.6 Å². The molecule has 0 bridgehead atoms. The lowest BCUT2D eigenvalue weighted by Crippen LogP contribution is -2.25. The topological polar surface area (TPSA) is 0 Å². The first-order valence-corrected chi connectivity index (χ1v) is 5.52. The monoisotopic (exact) mass is 382 g/mol. The third-order valence-electron chi connectivity index (χ3n) is 2.48. The van der Waals surface area contributed by atoms with Gasteiger partial charge in [-0.05, 0) is 6.07 Å². The molecule has 0 aliphatic carbocycles. The van der Waals surface area contributed by atoms with Gasteiger partial charge in [0.2, 0.25) is 0 Å². The maximum Gasteiger partial charge on any atom is 0.418 e. The van der Waals surface area contributed by atoms with E-state index < -0.39 is 57.9 Å². The van der Waals surface area contributed by atoms with E-state index >= 15 is 0 Å². The molecule has 23 heavy (non-hydrogen) atoms. The third kappa shape index (κ3) is 3.98. The molecule has 0 amide bonds. The van der Waals surface area contributed by atoms with Gasteiger partial charge in [-0.25, -0.2) is 0 Å². The van der Waals surface area contributed by atoms with Gasteiger partial charge in [-0.15, -0.1) is 12.6 Å². The van der Waals surface area contributed by atoms with E-state index in [-0.39, 0.29) is 0 Å². The first-order valence-electron chi connectivity index (χ1n) is 5.07. The quantitative estimate of drug-likeness (QED) is 0.410. The fraction of sp³-hybridized carbons (Fsp3) is 0.400. The summed E-state index contributed by atoms with van der Waals surface area (Å²) in [6.45, 7) is 0. The van der Waals surface area contributed by atoms with Gasteiger partial charge in [0, 0.05) is 4.90 Å². The van der Waals surface area contributed by atoms with E-state index in [1.807, 2.05) is 0 Å². The minimum Gasteiger partial charge on any atom is -0.166 e. The Bertz CT molecular complexity index is 550. The molecule has 0 unspecified atom stereocenters. The zero-order chi connectivity index (χ0) is 18.6. The molecule has 0 saturated heterocycles. The van der Waals surface area contributed by atoms with Gasteiger partial charge < -0.3 is 0 Å². The average molecular weight is 382 g/mol. The molecule has 0 spiro atoms. The standard InChI is InChI=1S/C10H2F12S/c11-7(12,13)2-1-3(8(14,15)16)5(10(20,21)22)6(23)4(2)9(17,18)19/h1,23H. The molecular formula is C10H2F12S. The predicted octanol–water partition coefficient (Wildman–Crippen LogP) is 6.05. The number of thiol groups is 1. The molecule has 0 saturated carbocycles. The summed E-state index contributed by atoms with van der Waals surface area (Å²) in [4.78, 5) is -2.49. The highest BCUT2D eigenvalue weighted by Crippen LogP contribution is 2.51. The van der Waals surface area contributed by atoms with E-state index in [2.05, 4.69) is 12.6 Å². The Kier molecular flexibility index (Phi) is 4.63. The number of alkyl halides is 12. The Morgan fingerprint density at radius 1 is 0.522 bits per heavy atom. The maximum absolute atomic E-state index is 12.6. The molecule has 1 aromatic rings. The van der Waals surface area contributed by atoms with E-state index in [4.69, 9.17) is 0 Å². The number of hydrogen-bond acceptors (Lipinski definition) is 1. The van der Waals surface area contributed by atoms with E-state index in [1.165, 1.54) is 0 Å². The highest BCUT2D eigenvalue weighted by atomic mass is 32.1. The fourth-order valence-electron chi connectivity index (χ4n) is 1.69. The van der Waals surface area contributed by atoms with E-state index in [1.54, 1.807) is 0 Å². The lowest BCUT2D eigenvalue weighted by Gasteiger charge is -2.24. The summed E-state index contributed by atoms with van der Waals surface area (Å²) in [6.07, 6.45) is -24.0. The van der Waals surface area contributed by atoms with Crippen molar-refractivity contribution in [1.29, 1.82) is 0 Å². The molecule has 0 fully saturated rings. The smallest absolute Gasteiger partial charge is 0.166 e. The summed E-state index contributed by atoms with van der Waals surface area (Å²) in [6, 6.07) is -1.22. The maximum atomic E-state index is 12.6. The minimum absolute atomic E-state index is 1.22. The van der Waals surface area contributed by atoms with Gasteiger partial charge in [0.05, 0.1) is 22.3 Å². The zero-order valence-electron chi connectivity index (χ0n) is 10.1.